The number of hydrogen-bond acceptors (Lipinski definition) is 3. The predicted molar refractivity (Wildman–Crippen MR) is 98.3 cm³/mol. The number of carbonyl (C=O) groups is 2. The number of halogens is 1. The van der Waals surface area contributed by atoms with Gasteiger partial charge in [0.05, 0.1) is 5.92 Å². The van der Waals surface area contributed by atoms with Crippen LogP contribution < -0.4 is 5.32 Å². The van der Waals surface area contributed by atoms with Crippen molar-refractivity contribution in [1.29, 1.82) is 0 Å². The Bertz CT molecular complexity index is 628. The molecule has 1 N–H and O–H groups in total. The van der Waals surface area contributed by atoms with E-state index in [9.17, 15) is 14.0 Å². The minimum atomic E-state index is -0.353. The van der Waals surface area contributed by atoms with Gasteiger partial charge < -0.3 is 15.1 Å². The molecule has 6 heteroatoms. The number of piperidine rings is 1. The van der Waals surface area contributed by atoms with E-state index in [1.54, 1.807) is 4.90 Å². The topological polar surface area (TPSA) is 52.7 Å². The Morgan fingerprint density at radius 1 is 1.27 bits per heavy atom. The molecule has 2 fully saturated rings. The van der Waals surface area contributed by atoms with Crippen LogP contribution in [-0.4, -0.2) is 60.4 Å². The smallest absolute Gasteiger partial charge is 0.253 e. The zero-order chi connectivity index (χ0) is 18.5. The van der Waals surface area contributed by atoms with E-state index in [4.69, 9.17) is 0 Å². The van der Waals surface area contributed by atoms with Crippen LogP contribution in [0.5, 0.6) is 0 Å². The molecule has 0 spiro atoms. The average molecular weight is 361 g/mol. The Balaban J connectivity index is 1.67. The van der Waals surface area contributed by atoms with Crippen molar-refractivity contribution in [3.8, 4) is 0 Å². The molecule has 0 aromatic heterocycles. The lowest BCUT2D eigenvalue weighted by molar-refractivity contribution is -0.139. The van der Waals surface area contributed by atoms with Crippen molar-refractivity contribution in [3.63, 3.8) is 0 Å². The van der Waals surface area contributed by atoms with Crippen LogP contribution in [0.3, 0.4) is 0 Å². The molecule has 0 aliphatic carbocycles. The molecule has 1 aromatic carbocycles. The summed E-state index contributed by atoms with van der Waals surface area (Å²) in [5.74, 6) is -0.432. The SMILES string of the molecule is CCCN(C(=O)C1CCCN(C(=O)c2ccc(F)cc2)C1)C1CCNC1. The highest BCUT2D eigenvalue weighted by atomic mass is 19.1. The molecule has 26 heavy (non-hydrogen) atoms. The number of benzene rings is 1. The van der Waals surface area contributed by atoms with E-state index in [1.165, 1.54) is 24.3 Å². The van der Waals surface area contributed by atoms with Gasteiger partial charge in [-0.25, -0.2) is 4.39 Å². The Morgan fingerprint density at radius 2 is 2.04 bits per heavy atom. The summed E-state index contributed by atoms with van der Waals surface area (Å²) in [5, 5.41) is 3.33. The molecule has 2 saturated heterocycles. The van der Waals surface area contributed by atoms with Gasteiger partial charge in [0.1, 0.15) is 5.82 Å². The second-order valence-electron chi connectivity index (χ2n) is 7.28. The van der Waals surface area contributed by atoms with Crippen molar-refractivity contribution in [2.75, 3.05) is 32.7 Å². The van der Waals surface area contributed by atoms with Gasteiger partial charge in [0.25, 0.3) is 5.91 Å². The average Bonchev–Trinajstić information content (AvgIpc) is 3.20. The number of nitrogens with one attached hydrogen (secondary N) is 1. The highest BCUT2D eigenvalue weighted by molar-refractivity contribution is 5.94. The van der Waals surface area contributed by atoms with E-state index >= 15 is 0 Å². The molecule has 142 valence electrons. The van der Waals surface area contributed by atoms with E-state index in [2.05, 4.69) is 12.2 Å². The van der Waals surface area contributed by atoms with Crippen LogP contribution >= 0.6 is 0 Å². The molecule has 2 atom stereocenters. The number of likely N-dealkylation sites (tertiary alicyclic amines) is 1. The second kappa shape index (κ2) is 8.62. The van der Waals surface area contributed by atoms with Gasteiger partial charge in [0.15, 0.2) is 0 Å². The molecule has 2 aliphatic rings. The zero-order valence-electron chi connectivity index (χ0n) is 15.4. The van der Waals surface area contributed by atoms with Crippen LogP contribution in [0.1, 0.15) is 43.0 Å². The van der Waals surface area contributed by atoms with Crippen LogP contribution in [0.15, 0.2) is 24.3 Å². The maximum atomic E-state index is 13.1. The first-order valence-corrected chi connectivity index (χ1v) is 9.66. The number of nitrogens with zero attached hydrogens (tertiary/aromatic N) is 2. The molecule has 2 aliphatic heterocycles. The first kappa shape index (κ1) is 18.8. The highest BCUT2D eigenvalue weighted by Gasteiger charge is 2.34. The van der Waals surface area contributed by atoms with Crippen molar-refractivity contribution < 1.29 is 14.0 Å². The largest absolute Gasteiger partial charge is 0.338 e. The van der Waals surface area contributed by atoms with Crippen molar-refractivity contribution in [2.45, 2.75) is 38.6 Å². The molecule has 0 radical (unpaired) electrons. The van der Waals surface area contributed by atoms with Crippen molar-refractivity contribution >= 4 is 11.8 Å². The van der Waals surface area contributed by atoms with E-state index in [0.717, 1.165) is 45.3 Å². The van der Waals surface area contributed by atoms with Crippen LogP contribution in [0.4, 0.5) is 4.39 Å². The second-order valence-corrected chi connectivity index (χ2v) is 7.28. The summed E-state index contributed by atoms with van der Waals surface area (Å²) in [6.45, 7) is 5.78. The number of rotatable bonds is 5. The molecule has 2 amide bonds. The van der Waals surface area contributed by atoms with Crippen LogP contribution in [-0.2, 0) is 4.79 Å². The maximum absolute atomic E-state index is 13.1. The van der Waals surface area contributed by atoms with Gasteiger partial charge >= 0.3 is 0 Å². The quantitative estimate of drug-likeness (QED) is 0.875. The lowest BCUT2D eigenvalue weighted by Gasteiger charge is -2.37. The molecule has 5 nitrogen and oxygen atoms in total. The van der Waals surface area contributed by atoms with Gasteiger partial charge in [-0.05, 0) is 56.5 Å². The Kier molecular flexibility index (Phi) is 6.25. The summed E-state index contributed by atoms with van der Waals surface area (Å²) in [7, 11) is 0. The molecular formula is C20H28FN3O2. The van der Waals surface area contributed by atoms with E-state index in [0.29, 0.717) is 18.7 Å². The number of hydrogen-bond donors (Lipinski definition) is 1. The van der Waals surface area contributed by atoms with Crippen LogP contribution in [0.2, 0.25) is 0 Å². The van der Waals surface area contributed by atoms with Crippen molar-refractivity contribution in [3.05, 3.63) is 35.6 Å². The number of carbonyl (C=O) groups excluding carboxylic acids is 2. The molecule has 0 saturated carbocycles. The molecule has 2 unspecified atom stereocenters. The lowest BCUT2D eigenvalue weighted by Crippen LogP contribution is -2.50. The molecule has 3 rings (SSSR count). The summed E-state index contributed by atoms with van der Waals surface area (Å²) in [6, 6.07) is 5.89. The summed E-state index contributed by atoms with van der Waals surface area (Å²) >= 11 is 0. The monoisotopic (exact) mass is 361 g/mol. The summed E-state index contributed by atoms with van der Waals surface area (Å²) in [6.07, 6.45) is 3.59. The first-order chi connectivity index (χ1) is 12.6. The van der Waals surface area contributed by atoms with Gasteiger partial charge in [-0.1, -0.05) is 6.92 Å². The van der Waals surface area contributed by atoms with E-state index < -0.39 is 0 Å². The third kappa shape index (κ3) is 4.23. The van der Waals surface area contributed by atoms with Gasteiger partial charge in [-0.3, -0.25) is 9.59 Å². The van der Waals surface area contributed by atoms with Crippen molar-refractivity contribution in [1.82, 2.24) is 15.1 Å². The molecule has 0 bridgehead atoms. The molecular weight excluding hydrogens is 333 g/mol. The third-order valence-corrected chi connectivity index (χ3v) is 5.37. The fraction of sp³-hybridized carbons (Fsp3) is 0.600. The van der Waals surface area contributed by atoms with Gasteiger partial charge in [-0.2, -0.15) is 0 Å². The fourth-order valence-electron chi connectivity index (χ4n) is 3.99. The summed E-state index contributed by atoms with van der Waals surface area (Å²) in [5.41, 5.74) is 0.477. The normalized spacial score (nSPS) is 23.1. The molecule has 2 heterocycles. The standard InChI is InChI=1S/C20H28FN3O2/c1-2-11-24(18-9-10-22-13-18)20(26)16-4-3-12-23(14-16)19(25)15-5-7-17(21)8-6-15/h5-8,16,18,22H,2-4,9-14H2,1H3. The van der Waals surface area contributed by atoms with E-state index in [-0.39, 0.29) is 29.6 Å². The van der Waals surface area contributed by atoms with E-state index in [1.807, 2.05) is 4.90 Å². The van der Waals surface area contributed by atoms with Gasteiger partial charge in [0.2, 0.25) is 5.91 Å². The minimum absolute atomic E-state index is 0.118. The summed E-state index contributed by atoms with van der Waals surface area (Å²) < 4.78 is 13.1. The zero-order valence-corrected chi connectivity index (χ0v) is 15.4. The summed E-state index contributed by atoms with van der Waals surface area (Å²) in [4.78, 5) is 29.6. The fourth-order valence-corrected chi connectivity index (χ4v) is 3.99. The number of amides is 2. The van der Waals surface area contributed by atoms with Crippen LogP contribution in [0, 0.1) is 11.7 Å². The Labute approximate surface area is 154 Å². The lowest BCUT2D eigenvalue weighted by atomic mass is 9.95. The maximum Gasteiger partial charge on any atom is 0.253 e. The third-order valence-electron chi connectivity index (χ3n) is 5.37. The Hall–Kier alpha value is -1.95. The Morgan fingerprint density at radius 3 is 2.69 bits per heavy atom. The highest BCUT2D eigenvalue weighted by Crippen LogP contribution is 2.23. The first-order valence-electron chi connectivity index (χ1n) is 9.66. The molecule has 1 aromatic rings. The van der Waals surface area contributed by atoms with Crippen LogP contribution in [0.25, 0.3) is 0 Å². The van der Waals surface area contributed by atoms with Gasteiger partial charge in [0, 0.05) is 37.8 Å². The minimum Gasteiger partial charge on any atom is -0.338 e. The van der Waals surface area contributed by atoms with Crippen molar-refractivity contribution in [2.24, 2.45) is 5.92 Å². The van der Waals surface area contributed by atoms with Gasteiger partial charge in [-0.15, -0.1) is 0 Å². The predicted octanol–water partition coefficient (Wildman–Crippen LogP) is 2.28.